The SMILES string of the molecule is C[N+](C)(C(=O)CCC(=O)N1CCC[C@H]1C(=O)C(=O)O)c1cccc2ccccc12. The van der Waals surface area contributed by atoms with Crippen molar-refractivity contribution in [3.8, 4) is 0 Å². The number of benzene rings is 2. The smallest absolute Gasteiger partial charge is 0.374 e. The largest absolute Gasteiger partial charge is 0.475 e. The van der Waals surface area contributed by atoms with Crippen molar-refractivity contribution in [1.82, 2.24) is 9.38 Å². The van der Waals surface area contributed by atoms with Crippen molar-refractivity contribution in [2.24, 2.45) is 0 Å². The molecule has 0 bridgehead atoms. The number of amides is 2. The lowest BCUT2D eigenvalue weighted by atomic mass is 10.1. The Kier molecular flexibility index (Phi) is 5.79. The first-order valence-electron chi connectivity index (χ1n) is 9.66. The summed E-state index contributed by atoms with van der Waals surface area (Å²) in [5.41, 5.74) is 0.848. The Morgan fingerprint density at radius 2 is 1.72 bits per heavy atom. The molecule has 7 heteroatoms. The number of carboxylic acid groups (broad SMARTS) is 1. The minimum Gasteiger partial charge on any atom is -0.475 e. The Hall–Kier alpha value is -3.06. The third-order valence-corrected chi connectivity index (χ3v) is 5.63. The Balaban J connectivity index is 1.72. The molecule has 0 aromatic heterocycles. The van der Waals surface area contributed by atoms with Crippen molar-refractivity contribution in [1.29, 1.82) is 0 Å². The van der Waals surface area contributed by atoms with E-state index in [1.807, 2.05) is 42.5 Å². The summed E-state index contributed by atoms with van der Waals surface area (Å²) in [7, 11) is 3.59. The van der Waals surface area contributed by atoms with E-state index in [0.717, 1.165) is 16.5 Å². The van der Waals surface area contributed by atoms with Crippen LogP contribution in [0.5, 0.6) is 0 Å². The van der Waals surface area contributed by atoms with E-state index in [0.29, 0.717) is 19.4 Å². The molecular formula is C22H25N2O5+. The molecule has 0 radical (unpaired) electrons. The van der Waals surface area contributed by atoms with E-state index >= 15 is 0 Å². The molecule has 0 saturated carbocycles. The quantitative estimate of drug-likeness (QED) is 0.597. The molecule has 152 valence electrons. The summed E-state index contributed by atoms with van der Waals surface area (Å²) in [5, 5.41) is 10.9. The topological polar surface area (TPSA) is 91.8 Å². The summed E-state index contributed by atoms with van der Waals surface area (Å²) in [4.78, 5) is 49.7. The summed E-state index contributed by atoms with van der Waals surface area (Å²) in [6.45, 7) is 0.346. The third-order valence-electron chi connectivity index (χ3n) is 5.63. The van der Waals surface area contributed by atoms with Crippen LogP contribution in [0, 0.1) is 0 Å². The number of rotatable bonds is 6. The number of aliphatic carboxylic acids is 1. The fraction of sp³-hybridized carbons (Fsp3) is 0.364. The first-order valence-corrected chi connectivity index (χ1v) is 9.66. The number of likely N-dealkylation sites (tertiary alicyclic amines) is 1. The lowest BCUT2D eigenvalue weighted by Crippen LogP contribution is -2.48. The molecule has 1 heterocycles. The zero-order valence-corrected chi connectivity index (χ0v) is 16.6. The van der Waals surface area contributed by atoms with Gasteiger partial charge in [-0.05, 0) is 24.3 Å². The molecule has 29 heavy (non-hydrogen) atoms. The van der Waals surface area contributed by atoms with Gasteiger partial charge < -0.3 is 10.0 Å². The van der Waals surface area contributed by atoms with Gasteiger partial charge in [0.05, 0.1) is 20.5 Å². The first-order chi connectivity index (χ1) is 13.7. The van der Waals surface area contributed by atoms with Crippen LogP contribution >= 0.6 is 0 Å². The molecule has 1 atom stereocenters. The molecule has 0 aliphatic carbocycles. The molecule has 0 spiro atoms. The van der Waals surface area contributed by atoms with Crippen LogP contribution in [0.25, 0.3) is 10.8 Å². The highest BCUT2D eigenvalue weighted by atomic mass is 16.4. The molecule has 1 saturated heterocycles. The average Bonchev–Trinajstić information content (AvgIpc) is 3.20. The maximum Gasteiger partial charge on any atom is 0.374 e. The van der Waals surface area contributed by atoms with Gasteiger partial charge in [0.2, 0.25) is 5.91 Å². The molecule has 1 aliphatic rings. The maximum atomic E-state index is 13.0. The highest BCUT2D eigenvalue weighted by Crippen LogP contribution is 2.30. The van der Waals surface area contributed by atoms with E-state index in [4.69, 9.17) is 5.11 Å². The summed E-state index contributed by atoms with van der Waals surface area (Å²) >= 11 is 0. The molecule has 1 N–H and O–H groups in total. The molecule has 1 aliphatic heterocycles. The lowest BCUT2D eigenvalue weighted by Gasteiger charge is -2.28. The van der Waals surface area contributed by atoms with Gasteiger partial charge >= 0.3 is 11.9 Å². The number of fused-ring (bicyclic) bond motifs is 1. The van der Waals surface area contributed by atoms with Crippen LogP contribution in [0.15, 0.2) is 42.5 Å². The van der Waals surface area contributed by atoms with Gasteiger partial charge in [0, 0.05) is 24.4 Å². The Morgan fingerprint density at radius 1 is 1.03 bits per heavy atom. The number of Topliss-reactive ketones (excluding diaryl/α,β-unsaturated/α-hetero) is 1. The van der Waals surface area contributed by atoms with Crippen LogP contribution in [0.4, 0.5) is 5.69 Å². The van der Waals surface area contributed by atoms with E-state index in [1.165, 1.54) is 4.90 Å². The normalized spacial score (nSPS) is 16.8. The van der Waals surface area contributed by atoms with Crippen molar-refractivity contribution in [3.05, 3.63) is 42.5 Å². The second-order valence-corrected chi connectivity index (χ2v) is 7.76. The third kappa shape index (κ3) is 4.05. The van der Waals surface area contributed by atoms with Crippen LogP contribution in [0.1, 0.15) is 25.7 Å². The van der Waals surface area contributed by atoms with Crippen LogP contribution in [0.2, 0.25) is 0 Å². The fourth-order valence-electron chi connectivity index (χ4n) is 3.95. The van der Waals surface area contributed by atoms with Crippen LogP contribution in [-0.2, 0) is 19.2 Å². The second kappa shape index (κ2) is 8.13. The first kappa shape index (κ1) is 20.7. The summed E-state index contributed by atoms with van der Waals surface area (Å²) in [5.74, 6) is -2.98. The molecule has 2 aromatic rings. The number of hydrogen-bond donors (Lipinski definition) is 1. The molecule has 3 rings (SSSR count). The molecule has 7 nitrogen and oxygen atoms in total. The van der Waals surface area contributed by atoms with E-state index < -0.39 is 17.8 Å². The van der Waals surface area contributed by atoms with Crippen molar-refractivity contribution in [2.75, 3.05) is 20.6 Å². The molecule has 2 amide bonds. The fourth-order valence-corrected chi connectivity index (χ4v) is 3.95. The molecule has 2 aromatic carbocycles. The molecule has 1 fully saturated rings. The maximum absolute atomic E-state index is 13.0. The van der Waals surface area contributed by atoms with E-state index in [2.05, 4.69) is 0 Å². The zero-order chi connectivity index (χ0) is 21.2. The van der Waals surface area contributed by atoms with Gasteiger partial charge in [0.1, 0.15) is 11.7 Å². The molecular weight excluding hydrogens is 372 g/mol. The van der Waals surface area contributed by atoms with Crippen molar-refractivity contribution >= 4 is 40.0 Å². The summed E-state index contributed by atoms with van der Waals surface area (Å²) < 4.78 is -0.00782. The Morgan fingerprint density at radius 3 is 2.45 bits per heavy atom. The van der Waals surface area contributed by atoms with Crippen molar-refractivity contribution in [2.45, 2.75) is 31.7 Å². The Bertz CT molecular complexity index is 977. The van der Waals surface area contributed by atoms with Crippen LogP contribution in [0.3, 0.4) is 0 Å². The van der Waals surface area contributed by atoms with E-state index in [-0.39, 0.29) is 29.1 Å². The number of hydrogen-bond acceptors (Lipinski definition) is 4. The highest BCUT2D eigenvalue weighted by Gasteiger charge is 2.38. The minimum absolute atomic E-state index is 0.00782. The number of ketones is 1. The summed E-state index contributed by atoms with van der Waals surface area (Å²) in [6.07, 6.45) is 0.900. The monoisotopic (exact) mass is 397 g/mol. The highest BCUT2D eigenvalue weighted by molar-refractivity contribution is 6.35. The van der Waals surface area contributed by atoms with Crippen LogP contribution in [-0.4, -0.2) is 60.3 Å². The minimum atomic E-state index is -1.53. The number of carbonyl (C=O) groups is 4. The van der Waals surface area contributed by atoms with Crippen molar-refractivity contribution < 1.29 is 24.3 Å². The van der Waals surface area contributed by atoms with E-state index in [1.54, 1.807) is 14.1 Å². The van der Waals surface area contributed by atoms with Gasteiger partial charge in [-0.1, -0.05) is 30.3 Å². The zero-order valence-electron chi connectivity index (χ0n) is 16.6. The predicted octanol–water partition coefficient (Wildman–Crippen LogP) is 2.36. The van der Waals surface area contributed by atoms with Crippen molar-refractivity contribution in [3.63, 3.8) is 0 Å². The van der Waals surface area contributed by atoms with E-state index in [9.17, 15) is 19.2 Å². The van der Waals surface area contributed by atoms with Gasteiger partial charge in [0.15, 0.2) is 0 Å². The van der Waals surface area contributed by atoms with Gasteiger partial charge in [-0.25, -0.2) is 14.1 Å². The Labute approximate surface area is 169 Å². The predicted molar refractivity (Wildman–Crippen MR) is 109 cm³/mol. The van der Waals surface area contributed by atoms with Gasteiger partial charge in [-0.3, -0.25) is 9.59 Å². The number of nitrogens with zero attached hydrogens (tertiary/aromatic N) is 2. The number of carbonyl (C=O) groups excluding carboxylic acids is 3. The number of carboxylic acids is 1. The lowest BCUT2D eigenvalue weighted by molar-refractivity contribution is -0.153. The second-order valence-electron chi connectivity index (χ2n) is 7.76. The van der Waals surface area contributed by atoms with Crippen LogP contribution < -0.4 is 4.48 Å². The van der Waals surface area contributed by atoms with Gasteiger partial charge in [-0.2, -0.15) is 0 Å². The van der Waals surface area contributed by atoms with Gasteiger partial charge in [-0.15, -0.1) is 0 Å². The number of quaternary nitrogens is 1. The van der Waals surface area contributed by atoms with Gasteiger partial charge in [0.25, 0.3) is 5.78 Å². The standard InChI is InChI=1S/C22H24N2O5/c1-24(2,18-11-5-8-15-7-3-4-9-16(15)18)20(26)13-12-19(25)23-14-6-10-17(23)21(27)22(28)29/h3-5,7-9,11,17H,6,10,12-14H2,1-2H3/p+1/t17-/m0/s1. The average molecular weight is 397 g/mol. The summed E-state index contributed by atoms with van der Waals surface area (Å²) in [6, 6.07) is 12.7. The molecule has 0 unspecified atom stereocenters.